The van der Waals surface area contributed by atoms with Gasteiger partial charge in [-0.3, -0.25) is 30.5 Å². The van der Waals surface area contributed by atoms with E-state index in [1.165, 1.54) is 15.9 Å². The van der Waals surface area contributed by atoms with Crippen molar-refractivity contribution in [3.63, 3.8) is 0 Å². The number of hydrogen-bond donors (Lipinski definition) is 4. The van der Waals surface area contributed by atoms with Crippen molar-refractivity contribution in [1.82, 2.24) is 25.5 Å². The summed E-state index contributed by atoms with van der Waals surface area (Å²) in [5, 5.41) is 34.3. The van der Waals surface area contributed by atoms with Crippen LogP contribution < -0.4 is 14.2 Å². The lowest BCUT2D eigenvalue weighted by Crippen LogP contribution is -2.65. The minimum Gasteiger partial charge on any atom is -0.496 e. The number of fused-ring (bicyclic) bond motifs is 2. The maximum atomic E-state index is 15.4. The van der Waals surface area contributed by atoms with Gasteiger partial charge >= 0.3 is 12.2 Å². The highest BCUT2D eigenvalue weighted by Crippen LogP contribution is 2.42. The number of methoxy groups -OCH3 is 1. The third kappa shape index (κ3) is 15.6. The van der Waals surface area contributed by atoms with E-state index in [4.69, 9.17) is 65.6 Å². The largest absolute Gasteiger partial charge is 0.496 e. The van der Waals surface area contributed by atoms with Gasteiger partial charge in [0.05, 0.1) is 87.9 Å². The van der Waals surface area contributed by atoms with Crippen molar-refractivity contribution >= 4 is 35.3 Å². The number of hydrogen-bond acceptors (Lipinski definition) is 18. The van der Waals surface area contributed by atoms with Gasteiger partial charge < -0.3 is 43.0 Å². The molecule has 2 bridgehead atoms. The minimum atomic E-state index is -0.988. The highest BCUT2D eigenvalue weighted by molar-refractivity contribution is 6.32. The second-order valence-corrected chi connectivity index (χ2v) is 17.1. The van der Waals surface area contributed by atoms with Gasteiger partial charge in [0.15, 0.2) is 11.6 Å². The molecule has 384 valence electrons. The van der Waals surface area contributed by atoms with Gasteiger partial charge in [0, 0.05) is 31.2 Å². The van der Waals surface area contributed by atoms with Crippen LogP contribution in [-0.4, -0.2) is 169 Å². The zero-order valence-electron chi connectivity index (χ0n) is 39.3. The Morgan fingerprint density at radius 2 is 1.39 bits per heavy atom. The fraction of sp³-hybridized carbons (Fsp3) is 0.511. The number of benzene rings is 3. The molecule has 0 spiro atoms. The van der Waals surface area contributed by atoms with Crippen LogP contribution >= 0.6 is 11.6 Å². The van der Waals surface area contributed by atoms with E-state index in [1.54, 1.807) is 20.1 Å². The van der Waals surface area contributed by atoms with E-state index in [0.29, 0.717) is 47.7 Å². The highest BCUT2D eigenvalue weighted by Gasteiger charge is 2.50. The summed E-state index contributed by atoms with van der Waals surface area (Å²) in [6.07, 6.45) is 1.48. The first-order valence-electron chi connectivity index (χ1n) is 22.9. The van der Waals surface area contributed by atoms with Crippen LogP contribution in [0.15, 0.2) is 60.2 Å². The Labute approximate surface area is 409 Å². The first kappa shape index (κ1) is 54.0. The molecule has 2 unspecified atom stereocenters. The van der Waals surface area contributed by atoms with Crippen LogP contribution in [0, 0.1) is 19.7 Å². The number of piperazine rings is 1. The lowest BCUT2D eigenvalue weighted by atomic mass is 9.81. The Hall–Kier alpha value is -5.37. The van der Waals surface area contributed by atoms with Crippen molar-refractivity contribution in [3.05, 3.63) is 93.3 Å². The molecule has 3 aliphatic rings. The molecule has 2 heterocycles. The van der Waals surface area contributed by atoms with Crippen molar-refractivity contribution < 1.29 is 82.4 Å². The van der Waals surface area contributed by atoms with Crippen molar-refractivity contribution in [3.8, 4) is 17.2 Å². The zero-order valence-corrected chi connectivity index (χ0v) is 40.1. The quantitative estimate of drug-likeness (QED) is 0.0480. The minimum absolute atomic E-state index is 0.0190. The normalized spacial score (nSPS) is 16.7. The molecule has 1 saturated carbocycles. The van der Waals surface area contributed by atoms with Crippen molar-refractivity contribution in [2.45, 2.75) is 70.6 Å². The van der Waals surface area contributed by atoms with Crippen LogP contribution in [0.5, 0.6) is 17.2 Å². The van der Waals surface area contributed by atoms with E-state index in [0.717, 1.165) is 29.5 Å². The van der Waals surface area contributed by atoms with Gasteiger partial charge in [0.1, 0.15) is 24.7 Å². The van der Waals surface area contributed by atoms with Gasteiger partial charge in [-0.15, -0.1) is 0 Å². The van der Waals surface area contributed by atoms with E-state index in [1.807, 2.05) is 54.3 Å². The summed E-state index contributed by atoms with van der Waals surface area (Å²) >= 11 is 6.18. The molecule has 0 aromatic heterocycles. The molecule has 3 aromatic carbocycles. The molecular formula is C47H61ClFN5O16. The lowest BCUT2D eigenvalue weighted by Gasteiger charge is -2.50. The summed E-state index contributed by atoms with van der Waals surface area (Å²) in [7, 11) is 1.59. The number of rotatable bonds is 27. The van der Waals surface area contributed by atoms with Crippen LogP contribution in [0.25, 0.3) is 5.57 Å². The van der Waals surface area contributed by atoms with Crippen molar-refractivity contribution in [2.24, 2.45) is 0 Å². The molecule has 4 N–H and O–H groups in total. The van der Waals surface area contributed by atoms with E-state index >= 15 is 4.79 Å². The topological polar surface area (TPSA) is 231 Å². The van der Waals surface area contributed by atoms with Gasteiger partial charge in [-0.25, -0.2) is 23.7 Å². The summed E-state index contributed by atoms with van der Waals surface area (Å²) in [5.41, 5.74) is 4.22. The molecule has 23 heteroatoms. The fourth-order valence-corrected chi connectivity index (χ4v) is 8.59. The Bertz CT molecular complexity index is 2210. The molecule has 0 radical (unpaired) electrons. The second kappa shape index (κ2) is 26.7. The molecule has 1 aliphatic carbocycles. The molecule has 1 saturated heterocycles. The number of carbonyl (C=O) groups excluding carboxylic acids is 3. The van der Waals surface area contributed by atoms with Gasteiger partial charge in [0.2, 0.25) is 0 Å². The molecule has 70 heavy (non-hydrogen) atoms. The summed E-state index contributed by atoms with van der Waals surface area (Å²) in [6, 6.07) is 14.4. The Morgan fingerprint density at radius 3 is 1.99 bits per heavy atom. The maximum Gasteiger partial charge on any atom is 0.410 e. The van der Waals surface area contributed by atoms with Gasteiger partial charge in [-0.1, -0.05) is 35.9 Å². The smallest absolute Gasteiger partial charge is 0.410 e. The lowest BCUT2D eigenvalue weighted by molar-refractivity contribution is -0.493. The molecule has 2 fully saturated rings. The first-order valence-corrected chi connectivity index (χ1v) is 23.2. The number of amides is 3. The molecule has 3 amide bonds. The average molecular weight is 1010 g/mol. The summed E-state index contributed by atoms with van der Waals surface area (Å²) < 4.78 is 53.6. The molecule has 2 aliphatic heterocycles. The summed E-state index contributed by atoms with van der Waals surface area (Å²) in [4.78, 5) is 57.1. The number of aryl methyl sites for hydroxylation is 2. The predicted molar refractivity (Wildman–Crippen MR) is 244 cm³/mol. The third-order valence-corrected chi connectivity index (χ3v) is 11.9. The fourth-order valence-electron chi connectivity index (χ4n) is 8.27. The van der Waals surface area contributed by atoms with Crippen LogP contribution in [0.3, 0.4) is 0 Å². The highest BCUT2D eigenvalue weighted by atomic mass is 35.5. The standard InChI is InChI=1S/C47H61ClFN5O16/c1-31-24-39(48)44(40(49)25-31)66-15-5-4-14-65-37-11-7-34(8-12-37)38-27-36-29-50(46(56)67-20-16-63-18-22-69-53(58)59)30-41(52(36)47(57)68-21-17-64-19-23-70-54(60)61)43(38)45(55)51(35-9-10-35)28-33-6-13-42(62-3)32(2)26-33/h6-8,11-13,24-26,35-36,41,58-61H,4-5,9-10,14-23,27-30H2,1-3H3. The van der Waals surface area contributed by atoms with E-state index in [2.05, 4.69) is 9.68 Å². The average Bonchev–Trinajstić information content (AvgIpc) is 4.17. The van der Waals surface area contributed by atoms with Crippen LogP contribution in [0.2, 0.25) is 5.02 Å². The maximum absolute atomic E-state index is 15.4. The molecule has 3 aromatic rings. The number of unbranched alkanes of at least 4 members (excludes halogenated alkanes) is 1. The van der Waals surface area contributed by atoms with E-state index in [9.17, 15) is 14.0 Å². The van der Waals surface area contributed by atoms with E-state index < -0.39 is 40.9 Å². The molecule has 6 rings (SSSR count). The number of ether oxygens (including phenoxy) is 7. The van der Waals surface area contributed by atoms with Crippen molar-refractivity contribution in [2.75, 3.05) is 86.3 Å². The SMILES string of the molecule is COc1ccc(CN(C(=O)C2=C(c3ccc(OCCCCOc4c(F)cc(C)cc4Cl)cc3)CC3CN(C(=O)OCCOCCON(O)O)CC2N3C(=O)OCCOCCON(O)O)C2CC2)cc1C. The third-order valence-electron chi connectivity index (χ3n) is 11.6. The molecule has 21 nitrogen and oxygen atoms in total. The van der Waals surface area contributed by atoms with Crippen molar-refractivity contribution in [1.29, 1.82) is 0 Å². The van der Waals surface area contributed by atoms with Crippen LogP contribution in [-0.2, 0) is 40.0 Å². The second-order valence-electron chi connectivity index (χ2n) is 16.7. The Balaban J connectivity index is 1.24. The summed E-state index contributed by atoms with van der Waals surface area (Å²) in [5.74, 6) is 0.487. The van der Waals surface area contributed by atoms with E-state index in [-0.39, 0.29) is 108 Å². The Morgan fingerprint density at radius 1 is 0.757 bits per heavy atom. The number of halogens is 2. The molecular weight excluding hydrogens is 945 g/mol. The van der Waals surface area contributed by atoms with Gasteiger partial charge in [-0.05, 0) is 104 Å². The summed E-state index contributed by atoms with van der Waals surface area (Å²) in [6.45, 7) is 3.65. The predicted octanol–water partition coefficient (Wildman–Crippen LogP) is 6.38. The van der Waals surface area contributed by atoms with Gasteiger partial charge in [0.25, 0.3) is 5.91 Å². The monoisotopic (exact) mass is 1010 g/mol. The Kier molecular flexibility index (Phi) is 20.6. The molecule has 2 atom stereocenters. The van der Waals surface area contributed by atoms with Gasteiger partial charge in [-0.2, -0.15) is 0 Å². The van der Waals surface area contributed by atoms with Crippen LogP contribution in [0.1, 0.15) is 54.4 Å². The first-order chi connectivity index (χ1) is 33.7. The number of carbonyl (C=O) groups is 3. The van der Waals surface area contributed by atoms with Crippen LogP contribution in [0.4, 0.5) is 14.0 Å². The number of nitrogens with zero attached hydrogens (tertiary/aromatic N) is 5. The zero-order chi connectivity index (χ0) is 50.2.